The van der Waals surface area contributed by atoms with Crippen LogP contribution in [0.3, 0.4) is 0 Å². The number of hydrogen-bond donors (Lipinski definition) is 1. The van der Waals surface area contributed by atoms with Gasteiger partial charge in [0, 0.05) is 6.07 Å². The number of rotatable bonds is 5. The van der Waals surface area contributed by atoms with Crippen molar-refractivity contribution in [2.75, 3.05) is 7.11 Å². The molecule has 0 aliphatic rings. The van der Waals surface area contributed by atoms with Crippen LogP contribution in [0.4, 0.5) is 4.39 Å². The highest BCUT2D eigenvalue weighted by molar-refractivity contribution is 7.89. The van der Waals surface area contributed by atoms with Crippen molar-refractivity contribution >= 4 is 10.0 Å². The number of aromatic nitrogens is 1. The molecule has 2 aromatic rings. The predicted octanol–water partition coefficient (Wildman–Crippen LogP) is 1.61. The van der Waals surface area contributed by atoms with E-state index in [2.05, 4.69) is 9.88 Å². The number of ether oxygens (including phenoxy) is 1. The molecule has 0 saturated heterocycles. The third-order valence-electron chi connectivity index (χ3n) is 2.56. The lowest BCUT2D eigenvalue weighted by Crippen LogP contribution is -2.24. The van der Waals surface area contributed by atoms with Crippen molar-refractivity contribution < 1.29 is 22.1 Å². The van der Waals surface area contributed by atoms with Crippen molar-refractivity contribution in [3.8, 4) is 5.88 Å². The van der Waals surface area contributed by atoms with Crippen LogP contribution in [0.2, 0.25) is 0 Å². The van der Waals surface area contributed by atoms with Crippen LogP contribution in [0, 0.1) is 12.7 Å². The van der Waals surface area contributed by atoms with Crippen LogP contribution in [0.1, 0.15) is 11.3 Å². The number of hydrogen-bond acceptors (Lipinski definition) is 5. The van der Waals surface area contributed by atoms with Gasteiger partial charge in [0.1, 0.15) is 10.7 Å². The SMILES string of the molecule is COc1cc(CNS(=O)(=O)c2cc(C)ccc2F)on1. The molecule has 0 atom stereocenters. The Morgan fingerprint density at radius 2 is 2.15 bits per heavy atom. The molecule has 0 amide bonds. The van der Waals surface area contributed by atoms with Crippen molar-refractivity contribution in [1.82, 2.24) is 9.88 Å². The topological polar surface area (TPSA) is 81.4 Å². The molecule has 20 heavy (non-hydrogen) atoms. The van der Waals surface area contributed by atoms with Crippen molar-refractivity contribution in [3.63, 3.8) is 0 Å². The number of nitrogens with zero attached hydrogens (tertiary/aromatic N) is 1. The summed E-state index contributed by atoms with van der Waals surface area (Å²) in [4.78, 5) is -0.399. The first-order valence-corrected chi connectivity index (χ1v) is 7.16. The summed E-state index contributed by atoms with van der Waals surface area (Å²) < 4.78 is 49.5. The number of benzene rings is 1. The quantitative estimate of drug-likeness (QED) is 0.907. The fourth-order valence-electron chi connectivity index (χ4n) is 1.53. The lowest BCUT2D eigenvalue weighted by atomic mass is 10.2. The maximum atomic E-state index is 13.6. The Bertz CT molecular complexity index is 712. The standard InChI is InChI=1S/C12H13FN2O4S/c1-8-3-4-10(13)11(5-8)20(16,17)14-7-9-6-12(18-2)15-19-9/h3-6,14H,7H2,1-2H3. The van der Waals surface area contributed by atoms with E-state index < -0.39 is 20.7 Å². The molecular formula is C12H13FN2O4S. The lowest BCUT2D eigenvalue weighted by molar-refractivity contribution is 0.325. The van der Waals surface area contributed by atoms with E-state index in [0.29, 0.717) is 5.56 Å². The number of methoxy groups -OCH3 is 1. The van der Waals surface area contributed by atoms with Crippen molar-refractivity contribution in [2.24, 2.45) is 0 Å². The second kappa shape index (κ2) is 5.59. The first kappa shape index (κ1) is 14.5. The van der Waals surface area contributed by atoms with Crippen LogP contribution in [-0.2, 0) is 16.6 Å². The smallest absolute Gasteiger partial charge is 0.254 e. The molecular weight excluding hydrogens is 287 g/mol. The van der Waals surface area contributed by atoms with E-state index in [9.17, 15) is 12.8 Å². The molecule has 0 unspecified atom stereocenters. The first-order valence-electron chi connectivity index (χ1n) is 5.68. The summed E-state index contributed by atoms with van der Waals surface area (Å²) in [5, 5.41) is 3.53. The van der Waals surface area contributed by atoms with Crippen LogP contribution >= 0.6 is 0 Å². The minimum absolute atomic E-state index is 0.147. The fraction of sp³-hybridized carbons (Fsp3) is 0.250. The van der Waals surface area contributed by atoms with E-state index in [1.807, 2.05) is 0 Å². The Kier molecular flexibility index (Phi) is 4.05. The molecule has 1 aromatic heterocycles. The van der Waals surface area contributed by atoms with Gasteiger partial charge in [-0.3, -0.25) is 0 Å². The van der Waals surface area contributed by atoms with Crippen molar-refractivity contribution in [1.29, 1.82) is 0 Å². The van der Waals surface area contributed by atoms with Gasteiger partial charge in [-0.25, -0.2) is 17.5 Å². The van der Waals surface area contributed by atoms with Gasteiger partial charge in [0.2, 0.25) is 10.0 Å². The van der Waals surface area contributed by atoms with E-state index >= 15 is 0 Å². The third-order valence-corrected chi connectivity index (χ3v) is 3.98. The Morgan fingerprint density at radius 3 is 2.80 bits per heavy atom. The highest BCUT2D eigenvalue weighted by atomic mass is 32.2. The Labute approximate surface area is 115 Å². The van der Waals surface area contributed by atoms with Crippen LogP contribution in [0.5, 0.6) is 5.88 Å². The molecule has 2 rings (SSSR count). The predicted molar refractivity (Wildman–Crippen MR) is 68.2 cm³/mol. The average molecular weight is 300 g/mol. The van der Waals surface area contributed by atoms with Crippen molar-refractivity contribution in [3.05, 3.63) is 41.4 Å². The van der Waals surface area contributed by atoms with Gasteiger partial charge in [0.05, 0.1) is 13.7 Å². The summed E-state index contributed by atoms with van der Waals surface area (Å²) in [6, 6.07) is 5.31. The average Bonchev–Trinajstić information content (AvgIpc) is 2.87. The Balaban J connectivity index is 2.17. The molecule has 0 bridgehead atoms. The zero-order chi connectivity index (χ0) is 14.8. The molecule has 0 fully saturated rings. The minimum Gasteiger partial charge on any atom is -0.479 e. The molecule has 1 heterocycles. The summed E-state index contributed by atoms with van der Waals surface area (Å²) >= 11 is 0. The molecule has 6 nitrogen and oxygen atoms in total. The van der Waals surface area contributed by atoms with Gasteiger partial charge in [0.15, 0.2) is 5.76 Å². The highest BCUT2D eigenvalue weighted by Gasteiger charge is 2.19. The van der Waals surface area contributed by atoms with Gasteiger partial charge < -0.3 is 9.26 Å². The van der Waals surface area contributed by atoms with E-state index in [1.165, 1.54) is 25.3 Å². The van der Waals surface area contributed by atoms with Crippen LogP contribution in [0.15, 0.2) is 33.7 Å². The maximum Gasteiger partial charge on any atom is 0.254 e. The fourth-order valence-corrected chi connectivity index (χ4v) is 2.69. The molecule has 0 aliphatic heterocycles. The van der Waals surface area contributed by atoms with Crippen molar-refractivity contribution in [2.45, 2.75) is 18.4 Å². The molecule has 8 heteroatoms. The summed E-state index contributed by atoms with van der Waals surface area (Å²) in [6.45, 7) is 1.53. The third kappa shape index (κ3) is 3.14. The number of halogens is 1. The first-order chi connectivity index (χ1) is 9.42. The van der Waals surface area contributed by atoms with Crippen LogP contribution < -0.4 is 9.46 Å². The molecule has 0 saturated carbocycles. The van der Waals surface area contributed by atoms with Crippen LogP contribution in [0.25, 0.3) is 0 Å². The molecule has 0 aliphatic carbocycles. The van der Waals surface area contributed by atoms with Gasteiger partial charge in [-0.2, -0.15) is 0 Å². The lowest BCUT2D eigenvalue weighted by Gasteiger charge is -2.06. The summed E-state index contributed by atoms with van der Waals surface area (Å²) in [6.07, 6.45) is 0. The second-order valence-electron chi connectivity index (χ2n) is 4.09. The van der Waals surface area contributed by atoms with E-state index in [4.69, 9.17) is 9.26 Å². The highest BCUT2D eigenvalue weighted by Crippen LogP contribution is 2.17. The maximum absolute atomic E-state index is 13.6. The summed E-state index contributed by atoms with van der Waals surface area (Å²) in [5.74, 6) is -0.308. The molecule has 108 valence electrons. The summed E-state index contributed by atoms with van der Waals surface area (Å²) in [5.41, 5.74) is 0.646. The van der Waals surface area contributed by atoms with Gasteiger partial charge in [-0.15, -0.1) is 0 Å². The largest absolute Gasteiger partial charge is 0.479 e. The monoisotopic (exact) mass is 300 g/mol. The number of nitrogens with one attached hydrogen (secondary N) is 1. The van der Waals surface area contributed by atoms with Gasteiger partial charge >= 0.3 is 0 Å². The normalized spacial score (nSPS) is 11.6. The van der Waals surface area contributed by atoms with Crippen LogP contribution in [-0.4, -0.2) is 20.7 Å². The zero-order valence-corrected chi connectivity index (χ0v) is 11.7. The van der Waals surface area contributed by atoms with E-state index in [1.54, 1.807) is 6.92 Å². The van der Waals surface area contributed by atoms with E-state index in [0.717, 1.165) is 6.07 Å². The Morgan fingerprint density at radius 1 is 1.40 bits per heavy atom. The Hall–Kier alpha value is -1.93. The van der Waals surface area contributed by atoms with E-state index in [-0.39, 0.29) is 18.2 Å². The summed E-state index contributed by atoms with van der Waals surface area (Å²) in [7, 11) is -2.55. The van der Waals surface area contributed by atoms with Gasteiger partial charge in [-0.05, 0) is 29.8 Å². The molecule has 0 spiro atoms. The van der Waals surface area contributed by atoms with Gasteiger partial charge in [-0.1, -0.05) is 6.07 Å². The second-order valence-corrected chi connectivity index (χ2v) is 5.83. The molecule has 1 aromatic carbocycles. The minimum atomic E-state index is -3.96. The van der Waals surface area contributed by atoms with Gasteiger partial charge in [0.25, 0.3) is 5.88 Å². The zero-order valence-electron chi connectivity index (χ0n) is 10.9. The number of aryl methyl sites for hydroxylation is 1. The molecule has 0 radical (unpaired) electrons. The molecule has 1 N–H and O–H groups in total. The number of sulfonamides is 1.